The Bertz CT molecular complexity index is 507. The van der Waals surface area contributed by atoms with Crippen LogP contribution in [0.4, 0.5) is 0 Å². The minimum atomic E-state index is -0.227. The number of likely N-dealkylation sites (tertiary alicyclic amines) is 1. The normalized spacial score (nSPS) is 18.7. The Morgan fingerprint density at radius 2 is 2.35 bits per heavy atom. The van der Waals surface area contributed by atoms with Crippen LogP contribution in [0.2, 0.25) is 0 Å². The molecule has 2 rings (SSSR count). The van der Waals surface area contributed by atoms with Crippen molar-refractivity contribution in [2.45, 2.75) is 19.8 Å². The zero-order valence-corrected chi connectivity index (χ0v) is 12.9. The fourth-order valence-electron chi connectivity index (χ4n) is 2.31. The third-order valence-electron chi connectivity index (χ3n) is 3.29. The van der Waals surface area contributed by atoms with Crippen molar-refractivity contribution in [1.82, 2.24) is 9.88 Å². The van der Waals surface area contributed by atoms with Crippen LogP contribution in [-0.4, -0.2) is 41.5 Å². The van der Waals surface area contributed by atoms with E-state index in [1.807, 2.05) is 0 Å². The molecule has 1 amide bonds. The number of ether oxygens (including phenoxy) is 1. The lowest BCUT2D eigenvalue weighted by molar-refractivity contribution is -0.149. The van der Waals surface area contributed by atoms with E-state index in [0.29, 0.717) is 29.9 Å². The molecule has 0 aliphatic carbocycles. The number of carbonyl (C=O) groups excluding carboxylic acids is 2. The van der Waals surface area contributed by atoms with Crippen molar-refractivity contribution in [2.75, 3.05) is 19.7 Å². The van der Waals surface area contributed by atoms with E-state index >= 15 is 0 Å². The van der Waals surface area contributed by atoms with Gasteiger partial charge >= 0.3 is 5.97 Å². The second-order valence-corrected chi connectivity index (χ2v) is 5.53. The Morgan fingerprint density at radius 1 is 1.55 bits per heavy atom. The Labute approximate surface area is 126 Å². The highest BCUT2D eigenvalue weighted by molar-refractivity contribution is 9.10. The van der Waals surface area contributed by atoms with Crippen molar-refractivity contribution in [1.29, 1.82) is 0 Å². The van der Waals surface area contributed by atoms with Gasteiger partial charge in [0, 0.05) is 23.8 Å². The van der Waals surface area contributed by atoms with E-state index in [1.165, 1.54) is 0 Å². The van der Waals surface area contributed by atoms with E-state index in [1.54, 1.807) is 30.2 Å². The molecule has 6 heteroatoms. The van der Waals surface area contributed by atoms with Crippen molar-refractivity contribution >= 4 is 27.8 Å². The van der Waals surface area contributed by atoms with Crippen LogP contribution in [0, 0.1) is 5.92 Å². The first kappa shape index (κ1) is 15.0. The van der Waals surface area contributed by atoms with Gasteiger partial charge in [-0.1, -0.05) is 0 Å². The van der Waals surface area contributed by atoms with Crippen LogP contribution in [0.15, 0.2) is 22.8 Å². The maximum absolute atomic E-state index is 12.4. The summed E-state index contributed by atoms with van der Waals surface area (Å²) in [7, 11) is 0. The number of piperidine rings is 1. The van der Waals surface area contributed by atoms with E-state index in [-0.39, 0.29) is 17.8 Å². The molecule has 108 valence electrons. The van der Waals surface area contributed by atoms with Gasteiger partial charge in [-0.15, -0.1) is 0 Å². The van der Waals surface area contributed by atoms with Crippen LogP contribution in [0.5, 0.6) is 0 Å². The average Bonchev–Trinajstić information content (AvgIpc) is 2.47. The molecule has 2 heterocycles. The van der Waals surface area contributed by atoms with E-state index in [0.717, 1.165) is 12.8 Å². The topological polar surface area (TPSA) is 59.5 Å². The number of amides is 1. The molecule has 0 radical (unpaired) electrons. The fourth-order valence-corrected chi connectivity index (χ4v) is 2.73. The number of pyridine rings is 1. The SMILES string of the molecule is CCOC(=O)[C@H]1CCCN(C(=O)c2ncccc2Br)C1. The molecule has 0 aromatic carbocycles. The zero-order valence-electron chi connectivity index (χ0n) is 11.3. The molecular formula is C14H17BrN2O3. The number of esters is 1. The summed E-state index contributed by atoms with van der Waals surface area (Å²) in [5.41, 5.74) is 0.386. The summed E-state index contributed by atoms with van der Waals surface area (Å²) in [6.07, 6.45) is 3.16. The Balaban J connectivity index is 2.07. The molecule has 1 atom stereocenters. The molecule has 20 heavy (non-hydrogen) atoms. The maximum atomic E-state index is 12.4. The number of carbonyl (C=O) groups is 2. The quantitative estimate of drug-likeness (QED) is 0.792. The monoisotopic (exact) mass is 340 g/mol. The van der Waals surface area contributed by atoms with Gasteiger partial charge in [-0.2, -0.15) is 0 Å². The minimum Gasteiger partial charge on any atom is -0.466 e. The molecule has 0 N–H and O–H groups in total. The molecular weight excluding hydrogens is 324 g/mol. The maximum Gasteiger partial charge on any atom is 0.310 e. The van der Waals surface area contributed by atoms with E-state index in [2.05, 4.69) is 20.9 Å². The minimum absolute atomic E-state index is 0.147. The van der Waals surface area contributed by atoms with Crippen LogP contribution in [0.1, 0.15) is 30.3 Å². The van der Waals surface area contributed by atoms with Gasteiger partial charge in [0.05, 0.1) is 12.5 Å². The molecule has 0 saturated carbocycles. The first-order chi connectivity index (χ1) is 9.63. The average molecular weight is 341 g/mol. The van der Waals surface area contributed by atoms with Crippen molar-refractivity contribution in [3.63, 3.8) is 0 Å². The van der Waals surface area contributed by atoms with Crippen molar-refractivity contribution in [3.8, 4) is 0 Å². The molecule has 1 aliphatic heterocycles. The Kier molecular flexibility index (Phi) is 5.11. The fraction of sp³-hybridized carbons (Fsp3) is 0.500. The second-order valence-electron chi connectivity index (χ2n) is 4.68. The third-order valence-corrected chi connectivity index (χ3v) is 3.93. The van der Waals surface area contributed by atoms with Gasteiger partial charge in [-0.05, 0) is 47.8 Å². The van der Waals surface area contributed by atoms with E-state index in [4.69, 9.17) is 4.74 Å². The van der Waals surface area contributed by atoms with Gasteiger partial charge in [0.15, 0.2) is 0 Å². The second kappa shape index (κ2) is 6.83. The predicted molar refractivity (Wildman–Crippen MR) is 77.2 cm³/mol. The molecule has 1 aromatic rings. The summed E-state index contributed by atoms with van der Waals surface area (Å²) in [6.45, 7) is 3.21. The summed E-state index contributed by atoms with van der Waals surface area (Å²) in [4.78, 5) is 30.0. The molecule has 1 aliphatic rings. The Morgan fingerprint density at radius 3 is 3.05 bits per heavy atom. The van der Waals surface area contributed by atoms with Crippen molar-refractivity contribution in [3.05, 3.63) is 28.5 Å². The molecule has 0 bridgehead atoms. The molecule has 1 aromatic heterocycles. The highest BCUT2D eigenvalue weighted by Crippen LogP contribution is 2.22. The highest BCUT2D eigenvalue weighted by Gasteiger charge is 2.30. The van der Waals surface area contributed by atoms with Crippen molar-refractivity contribution in [2.24, 2.45) is 5.92 Å². The van der Waals surface area contributed by atoms with Gasteiger partial charge in [0.1, 0.15) is 5.69 Å². The zero-order chi connectivity index (χ0) is 14.5. The summed E-state index contributed by atoms with van der Waals surface area (Å²) >= 11 is 3.33. The van der Waals surface area contributed by atoms with Gasteiger partial charge in [0.2, 0.25) is 0 Å². The van der Waals surface area contributed by atoms with Gasteiger partial charge in [-0.25, -0.2) is 4.98 Å². The van der Waals surface area contributed by atoms with Crippen LogP contribution in [-0.2, 0) is 9.53 Å². The number of nitrogens with zero attached hydrogens (tertiary/aromatic N) is 2. The van der Waals surface area contributed by atoms with E-state index < -0.39 is 0 Å². The number of halogens is 1. The number of hydrogen-bond acceptors (Lipinski definition) is 4. The number of hydrogen-bond donors (Lipinski definition) is 0. The largest absolute Gasteiger partial charge is 0.466 e. The third kappa shape index (κ3) is 3.36. The first-order valence-electron chi connectivity index (χ1n) is 6.70. The molecule has 0 spiro atoms. The summed E-state index contributed by atoms with van der Waals surface area (Å²) in [6, 6.07) is 3.55. The summed E-state index contributed by atoms with van der Waals surface area (Å²) < 4.78 is 5.71. The smallest absolute Gasteiger partial charge is 0.310 e. The standard InChI is InChI=1S/C14H17BrN2O3/c1-2-20-14(19)10-5-4-8-17(9-10)13(18)12-11(15)6-3-7-16-12/h3,6-7,10H,2,4-5,8-9H2,1H3/t10-/m0/s1. The van der Waals surface area contributed by atoms with Crippen LogP contribution < -0.4 is 0 Å². The van der Waals surface area contributed by atoms with Crippen LogP contribution >= 0.6 is 15.9 Å². The molecule has 1 fully saturated rings. The van der Waals surface area contributed by atoms with Gasteiger partial charge in [0.25, 0.3) is 5.91 Å². The predicted octanol–water partition coefficient (Wildman–Crippen LogP) is 2.26. The van der Waals surface area contributed by atoms with Gasteiger partial charge in [-0.3, -0.25) is 9.59 Å². The number of rotatable bonds is 3. The van der Waals surface area contributed by atoms with E-state index in [9.17, 15) is 9.59 Å². The van der Waals surface area contributed by atoms with Gasteiger partial charge < -0.3 is 9.64 Å². The summed E-state index contributed by atoms with van der Waals surface area (Å²) in [5.74, 6) is -0.591. The Hall–Kier alpha value is -1.43. The lowest BCUT2D eigenvalue weighted by atomic mass is 9.98. The lowest BCUT2D eigenvalue weighted by Crippen LogP contribution is -2.43. The van der Waals surface area contributed by atoms with Crippen LogP contribution in [0.3, 0.4) is 0 Å². The first-order valence-corrected chi connectivity index (χ1v) is 7.49. The number of aromatic nitrogens is 1. The molecule has 5 nitrogen and oxygen atoms in total. The lowest BCUT2D eigenvalue weighted by Gasteiger charge is -2.31. The van der Waals surface area contributed by atoms with Crippen LogP contribution in [0.25, 0.3) is 0 Å². The molecule has 1 saturated heterocycles. The summed E-state index contributed by atoms with van der Waals surface area (Å²) in [5, 5.41) is 0. The highest BCUT2D eigenvalue weighted by atomic mass is 79.9. The molecule has 0 unspecified atom stereocenters. The van der Waals surface area contributed by atoms with Crippen molar-refractivity contribution < 1.29 is 14.3 Å².